The van der Waals surface area contributed by atoms with Gasteiger partial charge in [-0.05, 0) is 147 Å². The van der Waals surface area contributed by atoms with Gasteiger partial charge in [0.25, 0.3) is 0 Å². The predicted octanol–water partition coefficient (Wildman–Crippen LogP) is 10.4. The van der Waals surface area contributed by atoms with Crippen LogP contribution in [0.15, 0.2) is 91.0 Å². The van der Waals surface area contributed by atoms with Crippen molar-refractivity contribution in [2.75, 3.05) is 6.16 Å². The molecule has 43 heavy (non-hydrogen) atoms. The summed E-state index contributed by atoms with van der Waals surface area (Å²) < 4.78 is 0. The lowest BCUT2D eigenvalue weighted by Gasteiger charge is -2.61. The van der Waals surface area contributed by atoms with Crippen molar-refractivity contribution in [3.63, 3.8) is 0 Å². The molecule has 4 saturated carbocycles. The molecule has 0 spiro atoms. The number of benzene rings is 3. The Labute approximate surface area is 263 Å². The van der Waals surface area contributed by atoms with E-state index in [9.17, 15) is 0 Å². The molecule has 0 aromatic heterocycles. The molecule has 7 rings (SSSR count). The van der Waals surface area contributed by atoms with Crippen LogP contribution in [0.3, 0.4) is 0 Å². The molecule has 1 heteroatoms. The van der Waals surface area contributed by atoms with Crippen LogP contribution in [-0.2, 0) is 0 Å². The van der Waals surface area contributed by atoms with Gasteiger partial charge in [-0.3, -0.25) is 0 Å². The molecule has 0 radical (unpaired) electrons. The Morgan fingerprint density at radius 3 is 1.81 bits per heavy atom. The van der Waals surface area contributed by atoms with Crippen LogP contribution < -0.4 is 15.9 Å². The fraction of sp³-hybridized carbons (Fsp3) is 0.571. The quantitative estimate of drug-likeness (QED) is 0.229. The molecule has 0 bridgehead atoms. The van der Waals surface area contributed by atoms with Gasteiger partial charge in [-0.15, -0.1) is 0 Å². The standard InChI is InChI=1S/C42H56P/c1-32(38-26-27-39-37-25-24-33-17-13-14-29-41(33,2)40(37)28-30-42(38,39)3)16-15-31-43(34-18-7-4-8-19-34,35-20-9-5-10-21-35)36-22-11-6-12-23-36/h4-12,18-23,32-33,37-40H,13-17,24-31H2,1-3H3/q+1/t32-,33+,37+,38-,39+,40+,41+,42-/m1/s1. The second-order valence-corrected chi connectivity index (χ2v) is 19.4. The van der Waals surface area contributed by atoms with Gasteiger partial charge in [-0.25, -0.2) is 0 Å². The molecule has 0 nitrogen and oxygen atoms in total. The molecule has 0 aliphatic heterocycles. The number of rotatable bonds is 8. The van der Waals surface area contributed by atoms with Crippen LogP contribution in [0.25, 0.3) is 0 Å². The third-order valence-electron chi connectivity index (χ3n) is 14.1. The van der Waals surface area contributed by atoms with E-state index in [0.717, 1.165) is 35.5 Å². The van der Waals surface area contributed by atoms with Crippen LogP contribution in [0.5, 0.6) is 0 Å². The van der Waals surface area contributed by atoms with E-state index in [0.29, 0.717) is 10.8 Å². The molecule has 4 aliphatic rings. The van der Waals surface area contributed by atoms with Crippen LogP contribution in [0.2, 0.25) is 0 Å². The number of fused-ring (bicyclic) bond motifs is 5. The fourth-order valence-electron chi connectivity index (χ4n) is 12.0. The predicted molar refractivity (Wildman–Crippen MR) is 188 cm³/mol. The Balaban J connectivity index is 1.11. The molecule has 0 heterocycles. The fourth-order valence-corrected chi connectivity index (χ4v) is 16.4. The Hall–Kier alpha value is -1.91. The van der Waals surface area contributed by atoms with Crippen molar-refractivity contribution >= 4 is 23.2 Å². The minimum absolute atomic E-state index is 0.572. The van der Waals surface area contributed by atoms with Crippen LogP contribution in [0, 0.1) is 46.3 Å². The number of hydrogen-bond donors (Lipinski definition) is 0. The Morgan fingerprint density at radius 1 is 0.628 bits per heavy atom. The number of hydrogen-bond acceptors (Lipinski definition) is 0. The first-order valence-corrected chi connectivity index (χ1v) is 20.0. The highest BCUT2D eigenvalue weighted by atomic mass is 31.2. The van der Waals surface area contributed by atoms with Crippen molar-refractivity contribution in [2.24, 2.45) is 46.3 Å². The second kappa shape index (κ2) is 12.1. The van der Waals surface area contributed by atoms with Crippen LogP contribution in [-0.4, -0.2) is 6.16 Å². The molecule has 0 saturated heterocycles. The van der Waals surface area contributed by atoms with Crippen LogP contribution >= 0.6 is 7.26 Å². The lowest BCUT2D eigenvalue weighted by Crippen LogP contribution is -2.53. The van der Waals surface area contributed by atoms with E-state index in [-0.39, 0.29) is 0 Å². The van der Waals surface area contributed by atoms with Crippen molar-refractivity contribution in [3.8, 4) is 0 Å². The van der Waals surface area contributed by atoms with E-state index in [1.54, 1.807) is 6.42 Å². The van der Waals surface area contributed by atoms with Crippen LogP contribution in [0.1, 0.15) is 97.8 Å². The van der Waals surface area contributed by atoms with Gasteiger partial charge in [0.05, 0.1) is 6.16 Å². The van der Waals surface area contributed by atoms with E-state index < -0.39 is 7.26 Å². The highest BCUT2D eigenvalue weighted by Crippen LogP contribution is 2.68. The summed E-state index contributed by atoms with van der Waals surface area (Å²) in [6.07, 6.45) is 19.1. The monoisotopic (exact) mass is 591 g/mol. The van der Waals surface area contributed by atoms with Crippen molar-refractivity contribution in [1.82, 2.24) is 0 Å². The van der Waals surface area contributed by atoms with Gasteiger partial charge in [0, 0.05) is 0 Å². The van der Waals surface area contributed by atoms with E-state index in [2.05, 4.69) is 112 Å². The van der Waals surface area contributed by atoms with E-state index in [4.69, 9.17) is 0 Å². The van der Waals surface area contributed by atoms with Gasteiger partial charge in [0.2, 0.25) is 0 Å². The largest absolute Gasteiger partial charge is 0.112 e. The lowest BCUT2D eigenvalue weighted by molar-refractivity contribution is -0.114. The maximum atomic E-state index is 2.77. The second-order valence-electron chi connectivity index (χ2n) is 15.8. The zero-order valence-electron chi connectivity index (χ0n) is 27.3. The van der Waals surface area contributed by atoms with Gasteiger partial charge >= 0.3 is 0 Å². The summed E-state index contributed by atoms with van der Waals surface area (Å²) in [6, 6.07) is 34.6. The van der Waals surface area contributed by atoms with Gasteiger partial charge in [-0.2, -0.15) is 0 Å². The lowest BCUT2D eigenvalue weighted by atomic mass is 9.44. The van der Waals surface area contributed by atoms with E-state index >= 15 is 0 Å². The molecule has 228 valence electrons. The first-order chi connectivity index (χ1) is 21.0. The third kappa shape index (κ3) is 5.07. The highest BCUT2D eigenvalue weighted by Gasteiger charge is 2.60. The normalized spacial score (nSPS) is 34.5. The smallest absolute Gasteiger partial charge is 0.0622 e. The van der Waals surface area contributed by atoms with Gasteiger partial charge in [0.1, 0.15) is 23.2 Å². The molecular formula is C42H56P+. The Kier molecular flexibility index (Phi) is 8.40. The zero-order valence-corrected chi connectivity index (χ0v) is 28.2. The van der Waals surface area contributed by atoms with Gasteiger partial charge in [-0.1, -0.05) is 88.2 Å². The summed E-state index contributed by atoms with van der Waals surface area (Å²) in [5.74, 6) is 5.79. The summed E-state index contributed by atoms with van der Waals surface area (Å²) in [7, 11) is -1.73. The maximum Gasteiger partial charge on any atom is 0.112 e. The highest BCUT2D eigenvalue weighted by molar-refractivity contribution is 7.95. The Bertz CT molecular complexity index is 1240. The molecule has 0 amide bonds. The van der Waals surface area contributed by atoms with Crippen molar-refractivity contribution < 1.29 is 0 Å². The minimum atomic E-state index is -1.73. The average molecular weight is 592 g/mol. The molecular weight excluding hydrogens is 535 g/mol. The average Bonchev–Trinajstić information content (AvgIpc) is 3.41. The minimum Gasteiger partial charge on any atom is -0.0622 e. The maximum absolute atomic E-state index is 2.77. The molecule has 4 fully saturated rings. The molecule has 0 unspecified atom stereocenters. The SMILES string of the molecule is C[C@H](CCC[P+](c1ccccc1)(c1ccccc1)c1ccccc1)[C@H]1CC[C@H]2[C@@H]3CC[C@@H]4CCCC[C@]4(C)[C@H]3CC[C@]12C. The molecule has 8 atom stereocenters. The summed E-state index contributed by atoms with van der Waals surface area (Å²) in [5, 5.41) is 4.62. The van der Waals surface area contributed by atoms with E-state index in [1.807, 2.05) is 0 Å². The van der Waals surface area contributed by atoms with Crippen LogP contribution in [0.4, 0.5) is 0 Å². The van der Waals surface area contributed by atoms with Crippen molar-refractivity contribution in [2.45, 2.75) is 97.8 Å². The topological polar surface area (TPSA) is 0 Å². The molecule has 0 N–H and O–H groups in total. The summed E-state index contributed by atoms with van der Waals surface area (Å²) in [6.45, 7) is 8.16. The first kappa shape index (κ1) is 29.8. The summed E-state index contributed by atoms with van der Waals surface area (Å²) >= 11 is 0. The van der Waals surface area contributed by atoms with Crippen molar-refractivity contribution in [3.05, 3.63) is 91.0 Å². The summed E-state index contributed by atoms with van der Waals surface area (Å²) in [5.41, 5.74) is 1.23. The third-order valence-corrected chi connectivity index (χ3v) is 18.6. The van der Waals surface area contributed by atoms with Gasteiger partial charge < -0.3 is 0 Å². The first-order valence-electron chi connectivity index (χ1n) is 18.0. The van der Waals surface area contributed by atoms with E-state index in [1.165, 1.54) is 92.7 Å². The van der Waals surface area contributed by atoms with Gasteiger partial charge in [0.15, 0.2) is 0 Å². The summed E-state index contributed by atoms with van der Waals surface area (Å²) in [4.78, 5) is 0. The molecule has 3 aromatic rings. The van der Waals surface area contributed by atoms with Crippen molar-refractivity contribution in [1.29, 1.82) is 0 Å². The molecule has 4 aliphatic carbocycles. The molecule has 3 aromatic carbocycles. The Morgan fingerprint density at radius 2 is 1.21 bits per heavy atom. The zero-order chi connectivity index (χ0) is 29.5.